The van der Waals surface area contributed by atoms with Gasteiger partial charge >= 0.3 is 0 Å². The quantitative estimate of drug-likeness (QED) is 0.205. The van der Waals surface area contributed by atoms with E-state index in [-0.39, 0.29) is 24.0 Å². The molecule has 1 aromatic heterocycles. The van der Waals surface area contributed by atoms with Gasteiger partial charge in [0, 0.05) is 24.5 Å². The molecule has 0 unspecified atom stereocenters. The van der Waals surface area contributed by atoms with Gasteiger partial charge in [0.25, 0.3) is 0 Å². The predicted octanol–water partition coefficient (Wildman–Crippen LogP) is 3.04. The van der Waals surface area contributed by atoms with Crippen molar-refractivity contribution in [1.29, 1.82) is 0 Å². The second-order valence-corrected chi connectivity index (χ2v) is 11.9. The van der Waals surface area contributed by atoms with Crippen LogP contribution in [0.4, 0.5) is 0 Å². The first-order valence-corrected chi connectivity index (χ1v) is 13.5. The summed E-state index contributed by atoms with van der Waals surface area (Å²) in [5.74, 6) is 0.938. The molecule has 0 radical (unpaired) electrons. The lowest BCUT2D eigenvalue weighted by Gasteiger charge is -2.28. The molecule has 34 heavy (non-hydrogen) atoms. The molecule has 0 aliphatic heterocycles. The largest absolute Gasteiger partial charge is 1.00 e. The van der Waals surface area contributed by atoms with E-state index in [0.29, 0.717) is 0 Å². The zero-order valence-electron chi connectivity index (χ0n) is 19.3. The maximum Gasteiger partial charge on any atom is 0.143 e. The summed E-state index contributed by atoms with van der Waals surface area (Å²) in [6.07, 6.45) is 4.38. The SMILES string of the molecule is COc1cccc2ccn(CCC[P+](c3ccccc3)(c3ccccc3)c3ccccc3)c12.[I-]. The van der Waals surface area contributed by atoms with E-state index in [2.05, 4.69) is 120 Å². The number of nitrogens with zero attached hydrogens (tertiary/aromatic N) is 1. The summed E-state index contributed by atoms with van der Waals surface area (Å²) in [5.41, 5.74) is 1.18. The molecule has 0 N–H and O–H groups in total. The highest BCUT2D eigenvalue weighted by atomic mass is 127. The Labute approximate surface area is 220 Å². The van der Waals surface area contributed by atoms with E-state index in [9.17, 15) is 0 Å². The Morgan fingerprint density at radius 3 is 1.68 bits per heavy atom. The van der Waals surface area contributed by atoms with E-state index >= 15 is 0 Å². The smallest absolute Gasteiger partial charge is 0.143 e. The molecule has 2 nitrogen and oxygen atoms in total. The first kappa shape index (κ1) is 24.5. The molecular weight excluding hydrogens is 548 g/mol. The van der Waals surface area contributed by atoms with Gasteiger partial charge < -0.3 is 33.3 Å². The highest BCUT2D eigenvalue weighted by molar-refractivity contribution is 7.95. The molecule has 0 aliphatic carbocycles. The van der Waals surface area contributed by atoms with Crippen LogP contribution < -0.4 is 44.6 Å². The number of para-hydroxylation sites is 1. The molecule has 0 saturated heterocycles. The van der Waals surface area contributed by atoms with Crippen LogP contribution in [0.2, 0.25) is 0 Å². The van der Waals surface area contributed by atoms with Crippen molar-refractivity contribution >= 4 is 34.1 Å². The monoisotopic (exact) mass is 577 g/mol. The van der Waals surface area contributed by atoms with Crippen molar-refractivity contribution in [3.8, 4) is 5.75 Å². The summed E-state index contributed by atoms with van der Waals surface area (Å²) >= 11 is 0. The molecule has 4 heteroatoms. The Bertz CT molecular complexity index is 1220. The van der Waals surface area contributed by atoms with Gasteiger partial charge in [0.2, 0.25) is 0 Å². The number of rotatable bonds is 8. The number of aromatic nitrogens is 1. The van der Waals surface area contributed by atoms with Gasteiger partial charge in [-0.25, -0.2) is 0 Å². The standard InChI is InChI=1S/C30H29NOP.HI/c1-32-29-20-11-13-25-21-23-31(30(25)29)22-12-24-33(26-14-5-2-6-15-26,27-16-7-3-8-17-27)28-18-9-4-10-19-28;/h2-11,13-21,23H,12,22,24H2,1H3;1H/q+1;/p-1. The zero-order chi connectivity index (χ0) is 22.5. The first-order valence-electron chi connectivity index (χ1n) is 11.5. The van der Waals surface area contributed by atoms with Crippen molar-refractivity contribution in [3.05, 3.63) is 121 Å². The molecule has 0 spiro atoms. The molecule has 1 heterocycles. The molecule has 0 bridgehead atoms. The second-order valence-electron chi connectivity index (χ2n) is 8.30. The maximum absolute atomic E-state index is 5.67. The van der Waals surface area contributed by atoms with Crippen molar-refractivity contribution in [1.82, 2.24) is 4.57 Å². The molecule has 0 fully saturated rings. The molecule has 0 saturated carbocycles. The number of methoxy groups -OCH3 is 1. The molecule has 172 valence electrons. The van der Waals surface area contributed by atoms with E-state index in [0.717, 1.165) is 24.9 Å². The fraction of sp³-hybridized carbons (Fsp3) is 0.133. The molecule has 5 aromatic rings. The van der Waals surface area contributed by atoms with Gasteiger partial charge in [-0.1, -0.05) is 66.7 Å². The lowest BCUT2D eigenvalue weighted by atomic mass is 10.2. The Morgan fingerprint density at radius 2 is 1.18 bits per heavy atom. The van der Waals surface area contributed by atoms with Crippen LogP contribution in [0, 0.1) is 0 Å². The van der Waals surface area contributed by atoms with Crippen molar-refractivity contribution in [2.24, 2.45) is 0 Å². The van der Waals surface area contributed by atoms with Crippen molar-refractivity contribution < 1.29 is 28.7 Å². The molecular formula is C30H29INOP. The minimum Gasteiger partial charge on any atom is -1.00 e. The summed E-state index contributed by atoms with van der Waals surface area (Å²) in [6, 6.07) is 41.8. The van der Waals surface area contributed by atoms with Crippen LogP contribution in [-0.4, -0.2) is 17.8 Å². The summed E-state index contributed by atoms with van der Waals surface area (Å²) in [5, 5.41) is 5.55. The normalized spacial score (nSPS) is 11.2. The topological polar surface area (TPSA) is 14.2 Å². The minimum atomic E-state index is -1.80. The van der Waals surface area contributed by atoms with E-state index in [4.69, 9.17) is 4.74 Å². The van der Waals surface area contributed by atoms with Crippen molar-refractivity contribution in [3.63, 3.8) is 0 Å². The second kappa shape index (κ2) is 11.2. The summed E-state index contributed by atoms with van der Waals surface area (Å²) in [4.78, 5) is 0. The summed E-state index contributed by atoms with van der Waals surface area (Å²) in [7, 11) is -0.0425. The lowest BCUT2D eigenvalue weighted by molar-refractivity contribution is -0.00000667. The average Bonchev–Trinajstić information content (AvgIpc) is 3.31. The number of halogens is 1. The van der Waals surface area contributed by atoms with Crippen LogP contribution in [0.1, 0.15) is 6.42 Å². The van der Waals surface area contributed by atoms with Gasteiger partial charge in [-0.05, 0) is 48.5 Å². The number of hydrogen-bond donors (Lipinski definition) is 0. The van der Waals surface area contributed by atoms with Crippen LogP contribution in [-0.2, 0) is 6.54 Å². The highest BCUT2D eigenvalue weighted by Gasteiger charge is 2.44. The number of hydrogen-bond acceptors (Lipinski definition) is 1. The van der Waals surface area contributed by atoms with Gasteiger partial charge in [-0.3, -0.25) is 0 Å². The van der Waals surface area contributed by atoms with E-state index in [1.807, 2.05) is 6.07 Å². The van der Waals surface area contributed by atoms with Crippen LogP contribution in [0.15, 0.2) is 121 Å². The minimum absolute atomic E-state index is 0. The molecule has 0 aliphatic rings. The summed E-state index contributed by atoms with van der Waals surface area (Å²) in [6.45, 7) is 0.956. The van der Waals surface area contributed by atoms with Crippen LogP contribution in [0.3, 0.4) is 0 Å². The number of aryl methyl sites for hydroxylation is 1. The fourth-order valence-corrected chi connectivity index (χ4v) is 9.27. The van der Waals surface area contributed by atoms with E-state index in [1.54, 1.807) is 7.11 Å². The van der Waals surface area contributed by atoms with Gasteiger partial charge in [0.1, 0.15) is 28.9 Å². The van der Waals surface area contributed by atoms with Gasteiger partial charge in [-0.15, -0.1) is 0 Å². The Hall–Kier alpha value is -2.62. The maximum atomic E-state index is 5.67. The third-order valence-corrected chi connectivity index (χ3v) is 11.0. The predicted molar refractivity (Wildman–Crippen MR) is 143 cm³/mol. The fourth-order valence-electron chi connectivity index (χ4n) is 4.94. The van der Waals surface area contributed by atoms with Crippen LogP contribution >= 0.6 is 7.26 Å². The molecule has 4 aromatic carbocycles. The number of fused-ring (bicyclic) bond motifs is 1. The van der Waals surface area contributed by atoms with Crippen molar-refractivity contribution in [2.45, 2.75) is 13.0 Å². The van der Waals surface area contributed by atoms with E-state index < -0.39 is 7.26 Å². The van der Waals surface area contributed by atoms with Crippen LogP contribution in [0.25, 0.3) is 10.9 Å². The Morgan fingerprint density at radius 1 is 0.647 bits per heavy atom. The Balaban J connectivity index is 0.00000274. The molecule has 0 atom stereocenters. The number of benzene rings is 4. The lowest BCUT2D eigenvalue weighted by Crippen LogP contribution is -3.00. The third kappa shape index (κ3) is 4.64. The molecule has 5 rings (SSSR count). The van der Waals surface area contributed by atoms with Crippen LogP contribution in [0.5, 0.6) is 5.75 Å². The third-order valence-electron chi connectivity index (χ3n) is 6.45. The van der Waals surface area contributed by atoms with Crippen molar-refractivity contribution in [2.75, 3.05) is 13.3 Å². The van der Waals surface area contributed by atoms with Gasteiger partial charge in [0.05, 0.1) is 18.8 Å². The Kier molecular flexibility index (Phi) is 8.07. The first-order chi connectivity index (χ1) is 16.3. The van der Waals surface area contributed by atoms with Gasteiger partial charge in [-0.2, -0.15) is 0 Å². The number of ether oxygens (including phenoxy) is 1. The highest BCUT2D eigenvalue weighted by Crippen LogP contribution is 2.55. The van der Waals surface area contributed by atoms with Gasteiger partial charge in [0.15, 0.2) is 0 Å². The molecule has 0 amide bonds. The average molecular weight is 577 g/mol. The zero-order valence-corrected chi connectivity index (χ0v) is 22.4. The van der Waals surface area contributed by atoms with E-state index in [1.165, 1.54) is 26.8 Å². The summed E-state index contributed by atoms with van der Waals surface area (Å²) < 4.78 is 8.02.